The van der Waals surface area contributed by atoms with E-state index in [1.807, 2.05) is 19.1 Å². The monoisotopic (exact) mass is 382 g/mol. The summed E-state index contributed by atoms with van der Waals surface area (Å²) in [6, 6.07) is 7.07. The number of carboxylic acids is 1. The summed E-state index contributed by atoms with van der Waals surface area (Å²) in [5.41, 5.74) is 0.786. The lowest BCUT2D eigenvalue weighted by Crippen LogP contribution is -2.30. The molecule has 1 fully saturated rings. The predicted octanol–water partition coefficient (Wildman–Crippen LogP) is 1.86. The fourth-order valence-corrected chi connectivity index (χ4v) is 3.72. The zero-order valence-corrected chi connectivity index (χ0v) is 14.7. The highest BCUT2D eigenvalue weighted by molar-refractivity contribution is 7.89. The van der Waals surface area contributed by atoms with Gasteiger partial charge in [-0.05, 0) is 44.5 Å². The van der Waals surface area contributed by atoms with E-state index in [1.165, 1.54) is 0 Å². The number of sulfonamides is 1. The zero-order valence-electron chi connectivity index (χ0n) is 13.9. The lowest BCUT2D eigenvalue weighted by atomic mass is 10.1. The van der Waals surface area contributed by atoms with Crippen LogP contribution in [-0.2, 0) is 14.8 Å². The van der Waals surface area contributed by atoms with E-state index < -0.39 is 22.2 Å². The minimum atomic E-state index is -5.08. The number of halogens is 3. The molecule has 1 atom stereocenters. The normalized spacial score (nSPS) is 18.5. The summed E-state index contributed by atoms with van der Waals surface area (Å²) in [5.74, 6) is -2.33. The number of alkyl halides is 3. The fourth-order valence-electron chi connectivity index (χ4n) is 2.36. The standard InChI is InChI=1S/C13H20N2O2S.C2HF3O2/c1-11-5-3-4-6-13(11)18(16,17)14-9-12-7-8-15(2)10-12;3-2(4,5)1(6)7/h3-6,12,14H,7-10H2,1-2H3;(H,6,7). The van der Waals surface area contributed by atoms with E-state index in [-0.39, 0.29) is 0 Å². The van der Waals surface area contributed by atoms with Gasteiger partial charge >= 0.3 is 12.1 Å². The molecule has 2 rings (SSSR count). The van der Waals surface area contributed by atoms with E-state index in [9.17, 15) is 21.6 Å². The van der Waals surface area contributed by atoms with Crippen LogP contribution in [0.4, 0.5) is 13.2 Å². The second kappa shape index (κ2) is 8.63. The van der Waals surface area contributed by atoms with Gasteiger partial charge in [-0.15, -0.1) is 0 Å². The van der Waals surface area contributed by atoms with Gasteiger partial charge in [-0.2, -0.15) is 13.2 Å². The molecule has 0 aromatic heterocycles. The smallest absolute Gasteiger partial charge is 0.475 e. The van der Waals surface area contributed by atoms with Gasteiger partial charge in [-0.25, -0.2) is 17.9 Å². The number of aliphatic carboxylic acids is 1. The summed E-state index contributed by atoms with van der Waals surface area (Å²) in [7, 11) is -1.30. The van der Waals surface area contributed by atoms with Gasteiger partial charge in [0.25, 0.3) is 0 Å². The molecule has 1 aliphatic rings. The molecular formula is C15H21F3N2O4S. The van der Waals surface area contributed by atoms with Crippen molar-refractivity contribution in [3.05, 3.63) is 29.8 Å². The molecule has 142 valence electrons. The summed E-state index contributed by atoms with van der Waals surface area (Å²) >= 11 is 0. The van der Waals surface area contributed by atoms with Crippen LogP contribution in [0.15, 0.2) is 29.2 Å². The molecule has 1 aliphatic heterocycles. The Morgan fingerprint density at radius 1 is 1.36 bits per heavy atom. The maximum Gasteiger partial charge on any atom is 0.490 e. The Labute approximate surface area is 144 Å². The maximum absolute atomic E-state index is 12.2. The van der Waals surface area contributed by atoms with Gasteiger partial charge < -0.3 is 10.0 Å². The van der Waals surface area contributed by atoms with Gasteiger partial charge in [0.15, 0.2) is 0 Å². The lowest BCUT2D eigenvalue weighted by molar-refractivity contribution is -0.192. The highest BCUT2D eigenvalue weighted by Crippen LogP contribution is 2.17. The molecule has 0 radical (unpaired) electrons. The van der Waals surface area contributed by atoms with Gasteiger partial charge in [0.1, 0.15) is 0 Å². The third-order valence-electron chi connectivity index (χ3n) is 3.68. The number of hydrogen-bond acceptors (Lipinski definition) is 4. The molecule has 0 amide bonds. The van der Waals surface area contributed by atoms with Gasteiger partial charge in [0.2, 0.25) is 10.0 Å². The van der Waals surface area contributed by atoms with Crippen molar-refractivity contribution in [1.82, 2.24) is 9.62 Å². The van der Waals surface area contributed by atoms with Gasteiger partial charge in [0.05, 0.1) is 4.90 Å². The third-order valence-corrected chi connectivity index (χ3v) is 5.26. The largest absolute Gasteiger partial charge is 0.490 e. The first-order valence-corrected chi connectivity index (χ1v) is 8.95. The number of carboxylic acid groups (broad SMARTS) is 1. The van der Waals surface area contributed by atoms with Crippen molar-refractivity contribution in [2.75, 3.05) is 26.7 Å². The van der Waals surface area contributed by atoms with E-state index >= 15 is 0 Å². The third kappa shape index (κ3) is 7.00. The minimum absolute atomic E-state index is 0.386. The van der Waals surface area contributed by atoms with Gasteiger partial charge in [-0.1, -0.05) is 18.2 Å². The van der Waals surface area contributed by atoms with Crippen LogP contribution in [0.5, 0.6) is 0 Å². The molecule has 0 spiro atoms. The van der Waals surface area contributed by atoms with E-state index in [1.54, 1.807) is 12.1 Å². The summed E-state index contributed by atoms with van der Waals surface area (Å²) in [4.78, 5) is 11.5. The van der Waals surface area contributed by atoms with Crippen LogP contribution in [-0.4, -0.2) is 57.3 Å². The topological polar surface area (TPSA) is 86.7 Å². The van der Waals surface area contributed by atoms with Crippen LogP contribution in [0.25, 0.3) is 0 Å². The fraction of sp³-hybridized carbons (Fsp3) is 0.533. The first-order chi connectivity index (χ1) is 11.4. The molecule has 1 aromatic carbocycles. The van der Waals surface area contributed by atoms with Crippen LogP contribution in [0.3, 0.4) is 0 Å². The Kier molecular flexibility index (Phi) is 7.39. The molecule has 0 bridgehead atoms. The SMILES string of the molecule is Cc1ccccc1S(=O)(=O)NCC1CCN(C)C1.O=C(O)C(F)(F)F. The summed E-state index contributed by atoms with van der Waals surface area (Å²) in [6.45, 7) is 4.37. The number of nitrogens with one attached hydrogen (secondary N) is 1. The molecule has 10 heteroatoms. The predicted molar refractivity (Wildman–Crippen MR) is 85.7 cm³/mol. The average molecular weight is 382 g/mol. The van der Waals surface area contributed by atoms with Crippen LogP contribution >= 0.6 is 0 Å². The van der Waals surface area contributed by atoms with Crippen LogP contribution in [0, 0.1) is 12.8 Å². The molecule has 1 unspecified atom stereocenters. The lowest BCUT2D eigenvalue weighted by Gasteiger charge is -2.13. The minimum Gasteiger partial charge on any atom is -0.475 e. The second-order valence-corrected chi connectivity index (χ2v) is 7.57. The number of rotatable bonds is 4. The van der Waals surface area contributed by atoms with Crippen molar-refractivity contribution in [3.63, 3.8) is 0 Å². The zero-order chi connectivity index (χ0) is 19.3. The molecule has 2 N–H and O–H groups in total. The number of likely N-dealkylation sites (tertiary alicyclic amines) is 1. The van der Waals surface area contributed by atoms with E-state index in [0.29, 0.717) is 17.4 Å². The molecule has 6 nitrogen and oxygen atoms in total. The molecule has 0 saturated carbocycles. The Hall–Kier alpha value is -1.65. The maximum atomic E-state index is 12.2. The van der Waals surface area contributed by atoms with E-state index in [0.717, 1.165) is 25.1 Å². The Morgan fingerprint density at radius 3 is 2.36 bits per heavy atom. The molecule has 1 heterocycles. The number of hydrogen-bond donors (Lipinski definition) is 2. The van der Waals surface area contributed by atoms with Crippen LogP contribution in [0.1, 0.15) is 12.0 Å². The first-order valence-electron chi connectivity index (χ1n) is 7.47. The van der Waals surface area contributed by atoms with Crippen molar-refractivity contribution in [2.24, 2.45) is 5.92 Å². The quantitative estimate of drug-likeness (QED) is 0.830. The highest BCUT2D eigenvalue weighted by Gasteiger charge is 2.38. The Balaban J connectivity index is 0.000000381. The van der Waals surface area contributed by atoms with E-state index in [2.05, 4.69) is 16.7 Å². The molecule has 0 aliphatic carbocycles. The number of benzene rings is 1. The van der Waals surface area contributed by atoms with Crippen molar-refractivity contribution >= 4 is 16.0 Å². The Morgan fingerprint density at radius 2 is 1.92 bits per heavy atom. The summed E-state index contributed by atoms with van der Waals surface area (Å²) in [6.07, 6.45) is -4.02. The van der Waals surface area contributed by atoms with Crippen molar-refractivity contribution < 1.29 is 31.5 Å². The van der Waals surface area contributed by atoms with E-state index in [4.69, 9.17) is 9.90 Å². The molecular weight excluding hydrogens is 361 g/mol. The van der Waals surface area contributed by atoms with Crippen molar-refractivity contribution in [2.45, 2.75) is 24.4 Å². The second-order valence-electron chi connectivity index (χ2n) is 5.84. The Bertz CT molecular complexity index is 692. The molecule has 25 heavy (non-hydrogen) atoms. The van der Waals surface area contributed by atoms with Crippen LogP contribution < -0.4 is 4.72 Å². The summed E-state index contributed by atoms with van der Waals surface area (Å²) in [5, 5.41) is 7.12. The molecule has 1 aromatic rings. The van der Waals surface area contributed by atoms with Gasteiger partial charge in [-0.3, -0.25) is 0 Å². The molecule has 1 saturated heterocycles. The van der Waals surface area contributed by atoms with Crippen molar-refractivity contribution in [1.29, 1.82) is 0 Å². The summed E-state index contributed by atoms with van der Waals surface area (Å²) < 4.78 is 58.8. The van der Waals surface area contributed by atoms with Crippen molar-refractivity contribution in [3.8, 4) is 0 Å². The number of nitrogens with zero attached hydrogens (tertiary/aromatic N) is 1. The first kappa shape index (κ1) is 21.4. The number of aryl methyl sites for hydroxylation is 1. The highest BCUT2D eigenvalue weighted by atomic mass is 32.2. The van der Waals surface area contributed by atoms with Gasteiger partial charge in [0, 0.05) is 13.1 Å². The van der Waals surface area contributed by atoms with Crippen LogP contribution in [0.2, 0.25) is 0 Å². The number of carbonyl (C=O) groups is 1. The average Bonchev–Trinajstić information content (AvgIpc) is 2.91.